The summed E-state index contributed by atoms with van der Waals surface area (Å²) in [6.07, 6.45) is 9.72. The number of carbonyl (C=O) groups excluding carboxylic acids is 3. The number of nitro groups is 1. The first-order valence-corrected chi connectivity index (χ1v) is 17.8. The van der Waals surface area contributed by atoms with Gasteiger partial charge in [0.1, 0.15) is 12.3 Å². The van der Waals surface area contributed by atoms with E-state index in [4.69, 9.17) is 4.74 Å². The molecule has 2 atom stereocenters. The molecule has 10 nitrogen and oxygen atoms in total. The molecule has 0 radical (unpaired) electrons. The number of benzene rings is 2. The molecule has 1 heterocycles. The van der Waals surface area contributed by atoms with Gasteiger partial charge in [0.25, 0.3) is 12.2 Å². The zero-order valence-electron chi connectivity index (χ0n) is 30.1. The first-order valence-electron chi connectivity index (χ1n) is 17.8. The molecule has 1 N–H and O–H groups in total. The van der Waals surface area contributed by atoms with E-state index in [9.17, 15) is 24.5 Å². The molecule has 48 heavy (non-hydrogen) atoms. The van der Waals surface area contributed by atoms with Gasteiger partial charge in [0.15, 0.2) is 5.78 Å². The van der Waals surface area contributed by atoms with Gasteiger partial charge in [-0.3, -0.25) is 29.4 Å². The third kappa shape index (κ3) is 11.0. The van der Waals surface area contributed by atoms with Gasteiger partial charge in [-0.05, 0) is 126 Å². The number of hydrogen-bond acceptors (Lipinski definition) is 7. The smallest absolute Gasteiger partial charge is 0.298 e. The van der Waals surface area contributed by atoms with Gasteiger partial charge in [0.05, 0.1) is 30.6 Å². The Morgan fingerprint density at radius 2 is 1.60 bits per heavy atom. The van der Waals surface area contributed by atoms with E-state index in [2.05, 4.69) is 24.1 Å². The van der Waals surface area contributed by atoms with E-state index >= 15 is 0 Å². The predicted octanol–water partition coefficient (Wildman–Crippen LogP) is 7.17. The molecule has 1 saturated heterocycles. The molecule has 0 bridgehead atoms. The Morgan fingerprint density at radius 3 is 2.21 bits per heavy atom. The van der Waals surface area contributed by atoms with Gasteiger partial charge in [-0.2, -0.15) is 0 Å². The Hall–Kier alpha value is -3.63. The van der Waals surface area contributed by atoms with Gasteiger partial charge >= 0.3 is 0 Å². The SMILES string of the molecule is CCCC[N+](CC)(CCCCCCN1CCCCC1C(=O)Nc1c(C)cc([N+](=O)[O-])cc1C)CC(=O)Cc1c(C)cc(OC=O)cc1C. The Labute approximate surface area is 287 Å². The van der Waals surface area contributed by atoms with Gasteiger partial charge in [0.2, 0.25) is 5.91 Å². The summed E-state index contributed by atoms with van der Waals surface area (Å²) in [6, 6.07) is 6.47. The highest BCUT2D eigenvalue weighted by atomic mass is 16.6. The van der Waals surface area contributed by atoms with Gasteiger partial charge in [0, 0.05) is 24.2 Å². The first kappa shape index (κ1) is 38.8. The number of nitrogens with one attached hydrogen (secondary N) is 1. The molecule has 1 fully saturated rings. The number of amides is 1. The molecule has 3 rings (SSSR count). The van der Waals surface area contributed by atoms with Gasteiger partial charge in [-0.1, -0.05) is 26.2 Å². The van der Waals surface area contributed by atoms with Crippen molar-refractivity contribution in [1.82, 2.24) is 4.90 Å². The summed E-state index contributed by atoms with van der Waals surface area (Å²) in [4.78, 5) is 50.8. The lowest BCUT2D eigenvalue weighted by Gasteiger charge is -2.38. The number of piperidine rings is 1. The molecule has 0 spiro atoms. The summed E-state index contributed by atoms with van der Waals surface area (Å²) in [5.41, 5.74) is 5.05. The van der Waals surface area contributed by atoms with Crippen LogP contribution in [0.15, 0.2) is 24.3 Å². The minimum Gasteiger partial charge on any atom is -0.429 e. The average Bonchev–Trinajstić information content (AvgIpc) is 3.05. The van der Waals surface area contributed by atoms with Gasteiger partial charge < -0.3 is 14.5 Å². The van der Waals surface area contributed by atoms with Crippen molar-refractivity contribution >= 4 is 29.5 Å². The minimum absolute atomic E-state index is 0.0315. The van der Waals surface area contributed by atoms with E-state index in [-0.39, 0.29) is 23.4 Å². The quantitative estimate of drug-likeness (QED) is 0.0524. The van der Waals surface area contributed by atoms with Crippen molar-refractivity contribution < 1.29 is 28.5 Å². The molecular weight excluding hydrogens is 608 g/mol. The molecule has 2 aromatic rings. The van der Waals surface area contributed by atoms with E-state index in [1.807, 2.05) is 26.0 Å². The second-order valence-electron chi connectivity index (χ2n) is 13.7. The topological polar surface area (TPSA) is 119 Å². The molecule has 1 aliphatic rings. The Kier molecular flexibility index (Phi) is 15.2. The predicted molar refractivity (Wildman–Crippen MR) is 191 cm³/mol. The molecule has 1 amide bonds. The molecule has 0 saturated carbocycles. The van der Waals surface area contributed by atoms with Crippen molar-refractivity contribution in [3.63, 3.8) is 0 Å². The van der Waals surface area contributed by atoms with E-state index in [1.54, 1.807) is 13.8 Å². The van der Waals surface area contributed by atoms with Crippen LogP contribution in [0.25, 0.3) is 0 Å². The van der Waals surface area contributed by atoms with Crippen LogP contribution >= 0.6 is 0 Å². The van der Waals surface area contributed by atoms with Crippen molar-refractivity contribution in [1.29, 1.82) is 0 Å². The van der Waals surface area contributed by atoms with Crippen molar-refractivity contribution in [2.75, 3.05) is 44.6 Å². The van der Waals surface area contributed by atoms with Gasteiger partial charge in [-0.15, -0.1) is 0 Å². The Morgan fingerprint density at radius 1 is 0.958 bits per heavy atom. The van der Waals surface area contributed by atoms with Crippen LogP contribution in [-0.2, 0) is 20.8 Å². The number of carbonyl (C=O) groups is 3. The number of rotatable bonds is 20. The van der Waals surface area contributed by atoms with Crippen molar-refractivity contribution in [3.8, 4) is 5.75 Å². The molecule has 1 aliphatic heterocycles. The van der Waals surface area contributed by atoms with E-state index in [0.717, 1.165) is 112 Å². The third-order valence-electron chi connectivity index (χ3n) is 10.1. The summed E-state index contributed by atoms with van der Waals surface area (Å²) < 4.78 is 5.84. The lowest BCUT2D eigenvalue weighted by atomic mass is 9.97. The van der Waals surface area contributed by atoms with Crippen LogP contribution in [-0.4, -0.2) is 77.8 Å². The fourth-order valence-corrected chi connectivity index (χ4v) is 7.30. The second-order valence-corrected chi connectivity index (χ2v) is 13.7. The van der Waals surface area contributed by atoms with Crippen molar-refractivity contribution in [2.24, 2.45) is 0 Å². The zero-order chi connectivity index (χ0) is 35.3. The fourth-order valence-electron chi connectivity index (χ4n) is 7.30. The number of nitro benzene ring substituents is 1. The number of nitrogens with zero attached hydrogens (tertiary/aromatic N) is 3. The lowest BCUT2D eigenvalue weighted by molar-refractivity contribution is -0.919. The van der Waals surface area contributed by atoms with Crippen LogP contribution in [0, 0.1) is 37.8 Å². The van der Waals surface area contributed by atoms with Crippen LogP contribution in [0.4, 0.5) is 11.4 Å². The normalized spacial score (nSPS) is 16.2. The maximum atomic E-state index is 13.5. The summed E-state index contributed by atoms with van der Waals surface area (Å²) in [5.74, 6) is 0.719. The van der Waals surface area contributed by atoms with Crippen molar-refractivity contribution in [2.45, 2.75) is 112 Å². The molecule has 2 unspecified atom stereocenters. The number of ether oxygens (including phenoxy) is 1. The fraction of sp³-hybridized carbons (Fsp3) is 0.605. The number of non-ortho nitro benzene ring substituents is 1. The molecular formula is C38H57N4O6+. The number of likely N-dealkylation sites (N-methyl/N-ethyl adjacent to an activating group) is 1. The third-order valence-corrected chi connectivity index (χ3v) is 10.1. The van der Waals surface area contributed by atoms with Crippen LogP contribution in [0.5, 0.6) is 5.75 Å². The number of quaternary nitrogens is 1. The molecule has 0 aromatic heterocycles. The highest BCUT2D eigenvalue weighted by molar-refractivity contribution is 5.96. The number of anilines is 1. The summed E-state index contributed by atoms with van der Waals surface area (Å²) >= 11 is 0. The van der Waals surface area contributed by atoms with Crippen LogP contribution in [0.3, 0.4) is 0 Å². The number of aryl methyl sites for hydroxylation is 4. The molecule has 0 aliphatic carbocycles. The Balaban J connectivity index is 1.53. The highest BCUT2D eigenvalue weighted by Crippen LogP contribution is 2.28. The van der Waals surface area contributed by atoms with Gasteiger partial charge in [-0.25, -0.2) is 0 Å². The van der Waals surface area contributed by atoms with Crippen molar-refractivity contribution in [3.05, 3.63) is 62.2 Å². The number of Topliss-reactive ketones (excluding diaryl/α,β-unsaturated/α-hetero) is 1. The maximum Gasteiger partial charge on any atom is 0.298 e. The number of ketones is 1. The number of unbranched alkanes of at least 4 members (excludes halogenated alkanes) is 4. The molecule has 264 valence electrons. The maximum absolute atomic E-state index is 13.5. The average molecular weight is 666 g/mol. The lowest BCUT2D eigenvalue weighted by Crippen LogP contribution is -2.52. The van der Waals surface area contributed by atoms with E-state index < -0.39 is 4.92 Å². The summed E-state index contributed by atoms with van der Waals surface area (Å²) in [5, 5.41) is 14.3. The molecule has 2 aromatic carbocycles. The zero-order valence-corrected chi connectivity index (χ0v) is 30.1. The summed E-state index contributed by atoms with van der Waals surface area (Å²) in [7, 11) is 0. The van der Waals surface area contributed by atoms with E-state index in [1.165, 1.54) is 12.1 Å². The largest absolute Gasteiger partial charge is 0.429 e. The summed E-state index contributed by atoms with van der Waals surface area (Å²) in [6.45, 7) is 17.6. The Bertz CT molecular complexity index is 1380. The standard InChI is InChI=1S/C38H56N4O6/c1-7-9-19-42(8-2,26-33(44)25-35-28(3)23-34(48-27-43)24-29(35)4)20-15-11-10-13-17-40-18-14-12-16-36(40)38(45)39-37-30(5)21-32(41(46)47)22-31(37)6/h21-24,27,36H,7-20,25-26H2,1-6H3/p+1. The number of hydrogen-bond donors (Lipinski definition) is 1. The molecule has 10 heteroatoms. The highest BCUT2D eigenvalue weighted by Gasteiger charge is 2.30. The second kappa shape index (κ2) is 18.8. The van der Waals surface area contributed by atoms with Crippen LogP contribution in [0.2, 0.25) is 0 Å². The van der Waals surface area contributed by atoms with E-state index in [0.29, 0.717) is 42.0 Å². The van der Waals surface area contributed by atoms with Crippen LogP contribution in [0.1, 0.15) is 99.5 Å². The minimum atomic E-state index is -0.404. The van der Waals surface area contributed by atoms with Crippen LogP contribution < -0.4 is 10.1 Å². The monoisotopic (exact) mass is 665 g/mol. The number of likely N-dealkylation sites (tertiary alicyclic amines) is 1. The first-order chi connectivity index (χ1) is 22.9.